The molecule has 20 heavy (non-hydrogen) atoms. The fourth-order valence-electron chi connectivity index (χ4n) is 2.18. The van der Waals surface area contributed by atoms with E-state index in [1.54, 1.807) is 6.92 Å². The minimum Gasteiger partial charge on any atom is -0.463 e. The van der Waals surface area contributed by atoms with E-state index in [0.29, 0.717) is 17.3 Å². The summed E-state index contributed by atoms with van der Waals surface area (Å²) in [5.41, 5.74) is 3.47. The molecule has 0 amide bonds. The summed E-state index contributed by atoms with van der Waals surface area (Å²) in [6, 6.07) is 7.74. The monoisotopic (exact) mass is 290 g/mol. The summed E-state index contributed by atoms with van der Waals surface area (Å²) >= 11 is 5.18. The number of thiocarbonyl (C=S) groups is 1. The molecular formula is C15H18N2O2S. The van der Waals surface area contributed by atoms with Crippen LogP contribution in [0.3, 0.4) is 0 Å². The molecule has 1 heterocycles. The van der Waals surface area contributed by atoms with Crippen LogP contribution in [0, 0.1) is 6.92 Å². The van der Waals surface area contributed by atoms with Crippen LogP contribution < -0.4 is 10.6 Å². The van der Waals surface area contributed by atoms with Crippen molar-refractivity contribution in [1.29, 1.82) is 0 Å². The van der Waals surface area contributed by atoms with Gasteiger partial charge in [-0.15, -0.1) is 0 Å². The number of rotatable bonds is 3. The SMILES string of the molecule is CCOC(=O)C1=C(C)NC(=S)NC1c1ccc(C)cc1. The van der Waals surface area contributed by atoms with E-state index in [4.69, 9.17) is 17.0 Å². The summed E-state index contributed by atoms with van der Waals surface area (Å²) in [7, 11) is 0. The summed E-state index contributed by atoms with van der Waals surface area (Å²) in [6.45, 7) is 6.00. The van der Waals surface area contributed by atoms with E-state index in [1.165, 1.54) is 5.56 Å². The van der Waals surface area contributed by atoms with Gasteiger partial charge in [0.25, 0.3) is 0 Å². The lowest BCUT2D eigenvalue weighted by atomic mass is 9.95. The lowest BCUT2D eigenvalue weighted by Crippen LogP contribution is -2.45. The Morgan fingerprint density at radius 3 is 2.55 bits per heavy atom. The quantitative estimate of drug-likeness (QED) is 0.661. The Balaban J connectivity index is 2.41. The number of allylic oxidation sites excluding steroid dienone is 1. The molecule has 0 bridgehead atoms. The van der Waals surface area contributed by atoms with Crippen LogP contribution in [-0.4, -0.2) is 17.7 Å². The molecule has 1 aromatic carbocycles. The second kappa shape index (κ2) is 6.05. The molecule has 0 radical (unpaired) electrons. The van der Waals surface area contributed by atoms with E-state index in [9.17, 15) is 4.79 Å². The third kappa shape index (κ3) is 2.99. The molecule has 0 aliphatic carbocycles. The minimum atomic E-state index is -0.321. The van der Waals surface area contributed by atoms with Gasteiger partial charge in [-0.3, -0.25) is 0 Å². The van der Waals surface area contributed by atoms with Gasteiger partial charge in [0.05, 0.1) is 18.2 Å². The van der Waals surface area contributed by atoms with Crippen molar-refractivity contribution in [1.82, 2.24) is 10.6 Å². The second-order valence-electron chi connectivity index (χ2n) is 4.70. The zero-order valence-corrected chi connectivity index (χ0v) is 12.6. The maximum Gasteiger partial charge on any atom is 0.338 e. The maximum absolute atomic E-state index is 12.2. The first-order chi connectivity index (χ1) is 9.52. The van der Waals surface area contributed by atoms with Gasteiger partial charge in [0, 0.05) is 5.70 Å². The van der Waals surface area contributed by atoms with Crippen LogP contribution in [0.15, 0.2) is 35.5 Å². The Labute approximate surface area is 124 Å². The summed E-state index contributed by atoms with van der Waals surface area (Å²) in [4.78, 5) is 12.2. The van der Waals surface area contributed by atoms with Crippen molar-refractivity contribution in [2.24, 2.45) is 0 Å². The Kier molecular flexibility index (Phi) is 4.39. The van der Waals surface area contributed by atoms with Crippen LogP contribution in [0.2, 0.25) is 0 Å². The average Bonchev–Trinajstić information content (AvgIpc) is 2.38. The molecule has 1 atom stereocenters. The highest BCUT2D eigenvalue weighted by atomic mass is 32.1. The molecule has 0 saturated heterocycles. The Morgan fingerprint density at radius 1 is 1.30 bits per heavy atom. The lowest BCUT2D eigenvalue weighted by Gasteiger charge is -2.29. The number of benzene rings is 1. The Morgan fingerprint density at radius 2 is 1.95 bits per heavy atom. The van der Waals surface area contributed by atoms with Gasteiger partial charge in [-0.05, 0) is 38.6 Å². The maximum atomic E-state index is 12.2. The summed E-state index contributed by atoms with van der Waals surface area (Å²) in [5.74, 6) is -0.321. The average molecular weight is 290 g/mol. The van der Waals surface area contributed by atoms with Gasteiger partial charge in [0.1, 0.15) is 0 Å². The Bertz CT molecular complexity index is 564. The summed E-state index contributed by atoms with van der Waals surface area (Å²) < 4.78 is 5.14. The first-order valence-corrected chi connectivity index (χ1v) is 6.95. The second-order valence-corrected chi connectivity index (χ2v) is 5.11. The number of carbonyl (C=O) groups is 1. The van der Waals surface area contributed by atoms with Crippen molar-refractivity contribution >= 4 is 23.3 Å². The molecule has 0 saturated carbocycles. The number of carbonyl (C=O) groups excluding carboxylic acids is 1. The zero-order chi connectivity index (χ0) is 14.7. The smallest absolute Gasteiger partial charge is 0.338 e. The van der Waals surface area contributed by atoms with E-state index < -0.39 is 0 Å². The van der Waals surface area contributed by atoms with Crippen molar-refractivity contribution in [2.75, 3.05) is 6.61 Å². The van der Waals surface area contributed by atoms with Crippen LogP contribution in [0.5, 0.6) is 0 Å². The zero-order valence-electron chi connectivity index (χ0n) is 11.8. The standard InChI is InChI=1S/C15H18N2O2S/c1-4-19-14(18)12-10(3)16-15(20)17-13(12)11-7-5-9(2)6-8-11/h5-8,13H,4H2,1-3H3,(H2,16,17,20). The fraction of sp³-hybridized carbons (Fsp3) is 0.333. The van der Waals surface area contributed by atoms with Gasteiger partial charge >= 0.3 is 5.97 Å². The highest BCUT2D eigenvalue weighted by Gasteiger charge is 2.30. The molecule has 1 unspecified atom stereocenters. The first-order valence-electron chi connectivity index (χ1n) is 6.55. The van der Waals surface area contributed by atoms with Gasteiger partial charge in [0.15, 0.2) is 5.11 Å². The number of esters is 1. The summed E-state index contributed by atoms with van der Waals surface area (Å²) in [5, 5.41) is 6.63. The van der Waals surface area contributed by atoms with Crippen molar-refractivity contribution in [2.45, 2.75) is 26.8 Å². The molecule has 0 spiro atoms. The largest absolute Gasteiger partial charge is 0.463 e. The number of hydrogen-bond donors (Lipinski definition) is 2. The first kappa shape index (κ1) is 14.5. The highest BCUT2D eigenvalue weighted by molar-refractivity contribution is 7.80. The van der Waals surface area contributed by atoms with Gasteiger partial charge in [-0.25, -0.2) is 4.79 Å². The molecule has 0 aromatic heterocycles. The predicted molar refractivity (Wildman–Crippen MR) is 82.1 cm³/mol. The van der Waals surface area contributed by atoms with E-state index in [1.807, 2.05) is 38.1 Å². The van der Waals surface area contributed by atoms with Crippen molar-refractivity contribution < 1.29 is 9.53 Å². The van der Waals surface area contributed by atoms with Crippen molar-refractivity contribution in [3.05, 3.63) is 46.7 Å². The van der Waals surface area contributed by atoms with Crippen molar-refractivity contribution in [3.8, 4) is 0 Å². The molecule has 1 aromatic rings. The molecule has 106 valence electrons. The van der Waals surface area contributed by atoms with Crippen LogP contribution in [-0.2, 0) is 9.53 Å². The third-order valence-electron chi connectivity index (χ3n) is 3.18. The molecular weight excluding hydrogens is 272 g/mol. The van der Waals surface area contributed by atoms with Crippen LogP contribution in [0.4, 0.5) is 0 Å². The molecule has 2 N–H and O–H groups in total. The van der Waals surface area contributed by atoms with Gasteiger partial charge < -0.3 is 15.4 Å². The van der Waals surface area contributed by atoms with Crippen molar-refractivity contribution in [3.63, 3.8) is 0 Å². The molecule has 0 fully saturated rings. The van der Waals surface area contributed by atoms with Crippen LogP contribution >= 0.6 is 12.2 Å². The van der Waals surface area contributed by atoms with E-state index in [2.05, 4.69) is 10.6 Å². The van der Waals surface area contributed by atoms with Gasteiger partial charge in [0.2, 0.25) is 0 Å². The molecule has 1 aliphatic heterocycles. The molecule has 4 nitrogen and oxygen atoms in total. The number of hydrogen-bond acceptors (Lipinski definition) is 3. The van der Waals surface area contributed by atoms with E-state index in [0.717, 1.165) is 11.3 Å². The normalized spacial score (nSPS) is 18.4. The lowest BCUT2D eigenvalue weighted by molar-refractivity contribution is -0.139. The van der Waals surface area contributed by atoms with Gasteiger partial charge in [-0.1, -0.05) is 29.8 Å². The number of ether oxygens (including phenoxy) is 1. The number of aryl methyl sites for hydroxylation is 1. The van der Waals surface area contributed by atoms with Crippen LogP contribution in [0.25, 0.3) is 0 Å². The Hall–Kier alpha value is -1.88. The molecule has 5 heteroatoms. The third-order valence-corrected chi connectivity index (χ3v) is 3.40. The molecule has 1 aliphatic rings. The highest BCUT2D eigenvalue weighted by Crippen LogP contribution is 2.27. The topological polar surface area (TPSA) is 50.4 Å². The van der Waals surface area contributed by atoms with E-state index >= 15 is 0 Å². The molecule has 2 rings (SSSR count). The minimum absolute atomic E-state index is 0.275. The van der Waals surface area contributed by atoms with Crippen LogP contribution in [0.1, 0.15) is 31.0 Å². The summed E-state index contributed by atoms with van der Waals surface area (Å²) in [6.07, 6.45) is 0. The van der Waals surface area contributed by atoms with E-state index in [-0.39, 0.29) is 12.0 Å². The van der Waals surface area contributed by atoms with Gasteiger partial charge in [-0.2, -0.15) is 0 Å². The fourth-order valence-corrected chi connectivity index (χ4v) is 2.45. The predicted octanol–water partition coefficient (Wildman–Crippen LogP) is 2.35. The number of nitrogens with one attached hydrogen (secondary N) is 2.